The summed E-state index contributed by atoms with van der Waals surface area (Å²) in [5.41, 5.74) is 2.46. The third-order valence-corrected chi connectivity index (χ3v) is 7.74. The highest BCUT2D eigenvalue weighted by Crippen LogP contribution is 2.28. The Morgan fingerprint density at radius 1 is 0.600 bits per heavy atom. The van der Waals surface area contributed by atoms with Crippen molar-refractivity contribution < 1.29 is 38.7 Å². The lowest BCUT2D eigenvalue weighted by Crippen LogP contribution is -2.38. The van der Waals surface area contributed by atoms with Gasteiger partial charge in [-0.2, -0.15) is 0 Å². The molecule has 2 fully saturated rings. The zero-order chi connectivity index (χ0) is 35.2. The standard InChI is InChI=1S/2C18H21NO2.C4H4O4/c2*1-2-7-16(8-3-1)21-18-9-5-4-6-15(18)10-11-17-14-19-12-13-20-17;5-3(6)1-2-4(7)8/h2*1-9,17,19H,10-14H2;1-2H,(H,5,6)(H,7,8)/b;;2-1+. The molecule has 50 heavy (non-hydrogen) atoms. The smallest absolute Gasteiger partial charge is 0.328 e. The maximum Gasteiger partial charge on any atom is 0.328 e. The highest BCUT2D eigenvalue weighted by molar-refractivity contribution is 5.89. The Bertz CT molecular complexity index is 1470. The van der Waals surface area contributed by atoms with Gasteiger partial charge in [0.25, 0.3) is 0 Å². The van der Waals surface area contributed by atoms with Crippen LogP contribution in [0.5, 0.6) is 23.0 Å². The van der Waals surface area contributed by atoms with Gasteiger partial charge in [0.05, 0.1) is 25.4 Å². The minimum Gasteiger partial charge on any atom is -0.478 e. The van der Waals surface area contributed by atoms with Crippen LogP contribution in [0.3, 0.4) is 0 Å². The Balaban J connectivity index is 0.000000186. The molecule has 2 aliphatic heterocycles. The van der Waals surface area contributed by atoms with Gasteiger partial charge in [0, 0.05) is 38.3 Å². The molecule has 2 unspecified atom stereocenters. The molecule has 0 saturated carbocycles. The van der Waals surface area contributed by atoms with Crippen LogP contribution in [0.1, 0.15) is 24.0 Å². The summed E-state index contributed by atoms with van der Waals surface area (Å²) < 4.78 is 23.5. The van der Waals surface area contributed by atoms with E-state index in [0.717, 1.165) is 88.1 Å². The molecule has 4 aromatic rings. The van der Waals surface area contributed by atoms with Crippen molar-refractivity contribution in [2.75, 3.05) is 39.4 Å². The van der Waals surface area contributed by atoms with Crippen molar-refractivity contribution in [1.29, 1.82) is 0 Å². The zero-order valence-electron chi connectivity index (χ0n) is 28.1. The number of aliphatic carboxylic acids is 2. The number of morpholine rings is 2. The van der Waals surface area contributed by atoms with Crippen molar-refractivity contribution in [3.8, 4) is 23.0 Å². The number of hydrogen-bond acceptors (Lipinski definition) is 8. The number of carboxylic acid groups (broad SMARTS) is 2. The maximum atomic E-state index is 9.55. The summed E-state index contributed by atoms with van der Waals surface area (Å²) in [4.78, 5) is 19.1. The Morgan fingerprint density at radius 3 is 1.34 bits per heavy atom. The molecule has 264 valence electrons. The topological polar surface area (TPSA) is 136 Å². The number of rotatable bonds is 12. The zero-order valence-corrected chi connectivity index (χ0v) is 28.1. The third-order valence-electron chi connectivity index (χ3n) is 7.74. The van der Waals surface area contributed by atoms with Gasteiger partial charge in [-0.1, -0.05) is 72.8 Å². The van der Waals surface area contributed by atoms with Gasteiger partial charge in [0.1, 0.15) is 23.0 Å². The average molecular weight is 683 g/mol. The fraction of sp³-hybridized carbons (Fsp3) is 0.300. The van der Waals surface area contributed by atoms with Gasteiger partial charge in [-0.25, -0.2) is 9.59 Å². The van der Waals surface area contributed by atoms with Crippen molar-refractivity contribution in [2.45, 2.75) is 37.9 Å². The fourth-order valence-corrected chi connectivity index (χ4v) is 5.24. The van der Waals surface area contributed by atoms with E-state index in [0.29, 0.717) is 24.4 Å². The van der Waals surface area contributed by atoms with Crippen LogP contribution in [0.15, 0.2) is 121 Å². The van der Waals surface area contributed by atoms with E-state index in [4.69, 9.17) is 29.2 Å². The Morgan fingerprint density at radius 2 is 0.980 bits per heavy atom. The molecule has 0 bridgehead atoms. The lowest BCUT2D eigenvalue weighted by molar-refractivity contribution is -0.134. The maximum absolute atomic E-state index is 9.55. The number of nitrogens with one attached hydrogen (secondary N) is 2. The minimum absolute atomic E-state index is 0.309. The van der Waals surface area contributed by atoms with E-state index in [1.54, 1.807) is 0 Å². The summed E-state index contributed by atoms with van der Waals surface area (Å²) in [6, 6.07) is 36.3. The molecule has 2 atom stereocenters. The highest BCUT2D eigenvalue weighted by atomic mass is 16.5. The molecule has 0 spiro atoms. The number of para-hydroxylation sites is 4. The normalized spacial score (nSPS) is 17.0. The molecule has 10 nitrogen and oxygen atoms in total. The summed E-state index contributed by atoms with van der Waals surface area (Å²) >= 11 is 0. The summed E-state index contributed by atoms with van der Waals surface area (Å²) in [5.74, 6) is 1.11. The number of hydrogen-bond donors (Lipinski definition) is 4. The van der Waals surface area contributed by atoms with E-state index in [1.807, 2.05) is 84.9 Å². The van der Waals surface area contributed by atoms with E-state index in [9.17, 15) is 9.59 Å². The van der Waals surface area contributed by atoms with Crippen LogP contribution in [0.4, 0.5) is 0 Å². The van der Waals surface area contributed by atoms with Gasteiger partial charge in [-0.05, 0) is 73.2 Å². The minimum atomic E-state index is -1.26. The monoisotopic (exact) mass is 682 g/mol. The van der Waals surface area contributed by atoms with E-state index < -0.39 is 11.9 Å². The first kappa shape index (κ1) is 37.8. The summed E-state index contributed by atoms with van der Waals surface area (Å²) in [7, 11) is 0. The second-order valence-corrected chi connectivity index (χ2v) is 11.5. The first-order valence-corrected chi connectivity index (χ1v) is 16.9. The van der Waals surface area contributed by atoms with Crippen LogP contribution >= 0.6 is 0 Å². The Labute approximate surface area is 293 Å². The molecule has 4 N–H and O–H groups in total. The molecule has 2 heterocycles. The molecule has 0 radical (unpaired) electrons. The molecule has 10 heteroatoms. The molecular weight excluding hydrogens is 636 g/mol. The lowest BCUT2D eigenvalue weighted by Gasteiger charge is -2.23. The molecule has 0 aromatic heterocycles. The molecular formula is C40H46N2O8. The molecule has 2 aliphatic rings. The molecule has 0 amide bonds. The SMILES string of the molecule is O=C(O)/C=C/C(=O)O.c1ccc(Oc2ccccc2CCC2CNCCO2)cc1.c1ccc(Oc2ccccc2CCC2CNCCO2)cc1. The number of ether oxygens (including phenoxy) is 4. The van der Waals surface area contributed by atoms with E-state index in [1.165, 1.54) is 11.1 Å². The van der Waals surface area contributed by atoms with E-state index in [2.05, 4.69) is 34.9 Å². The van der Waals surface area contributed by atoms with Crippen LogP contribution in [0.25, 0.3) is 0 Å². The van der Waals surface area contributed by atoms with Gasteiger partial charge < -0.3 is 39.8 Å². The lowest BCUT2D eigenvalue weighted by atomic mass is 10.1. The van der Waals surface area contributed by atoms with E-state index in [-0.39, 0.29) is 0 Å². The Kier molecular flexibility index (Phi) is 16.5. The number of carboxylic acids is 2. The van der Waals surface area contributed by atoms with Crippen molar-refractivity contribution in [3.05, 3.63) is 132 Å². The van der Waals surface area contributed by atoms with Gasteiger partial charge in [0.15, 0.2) is 0 Å². The van der Waals surface area contributed by atoms with Crippen molar-refractivity contribution in [2.24, 2.45) is 0 Å². The van der Waals surface area contributed by atoms with Gasteiger partial charge in [0.2, 0.25) is 0 Å². The van der Waals surface area contributed by atoms with Crippen molar-refractivity contribution in [1.82, 2.24) is 10.6 Å². The second kappa shape index (κ2) is 21.9. The number of aryl methyl sites for hydroxylation is 2. The quantitative estimate of drug-likeness (QED) is 0.123. The third kappa shape index (κ3) is 14.6. The van der Waals surface area contributed by atoms with E-state index >= 15 is 0 Å². The molecule has 6 rings (SSSR count). The van der Waals surface area contributed by atoms with Crippen LogP contribution in [0.2, 0.25) is 0 Å². The first-order chi connectivity index (χ1) is 24.5. The second-order valence-electron chi connectivity index (χ2n) is 11.5. The molecule has 0 aliphatic carbocycles. The molecule has 4 aromatic carbocycles. The largest absolute Gasteiger partial charge is 0.478 e. The predicted octanol–water partition coefficient (Wildman–Crippen LogP) is 6.51. The number of carbonyl (C=O) groups is 2. The van der Waals surface area contributed by atoms with Crippen LogP contribution in [0, 0.1) is 0 Å². The van der Waals surface area contributed by atoms with Crippen LogP contribution in [-0.2, 0) is 31.9 Å². The highest BCUT2D eigenvalue weighted by Gasteiger charge is 2.15. The summed E-state index contributed by atoms with van der Waals surface area (Å²) in [5, 5.41) is 22.4. The number of benzene rings is 4. The summed E-state index contributed by atoms with van der Waals surface area (Å²) in [6.45, 7) is 5.44. The van der Waals surface area contributed by atoms with Crippen molar-refractivity contribution in [3.63, 3.8) is 0 Å². The van der Waals surface area contributed by atoms with Gasteiger partial charge >= 0.3 is 11.9 Å². The van der Waals surface area contributed by atoms with Gasteiger partial charge in [-0.3, -0.25) is 0 Å². The van der Waals surface area contributed by atoms with Crippen LogP contribution < -0.4 is 20.1 Å². The van der Waals surface area contributed by atoms with Gasteiger partial charge in [-0.15, -0.1) is 0 Å². The predicted molar refractivity (Wildman–Crippen MR) is 192 cm³/mol. The molecule has 2 saturated heterocycles. The Hall–Kier alpha value is -5.00. The van der Waals surface area contributed by atoms with Crippen LogP contribution in [-0.4, -0.2) is 73.8 Å². The van der Waals surface area contributed by atoms with Crippen molar-refractivity contribution >= 4 is 11.9 Å². The average Bonchev–Trinajstić information content (AvgIpc) is 3.15. The summed E-state index contributed by atoms with van der Waals surface area (Å²) in [6.07, 6.45) is 5.70. The first-order valence-electron chi connectivity index (χ1n) is 16.9. The fourth-order valence-electron chi connectivity index (χ4n) is 5.24.